The van der Waals surface area contributed by atoms with E-state index < -0.39 is 29.6 Å². The van der Waals surface area contributed by atoms with Gasteiger partial charge in [0.25, 0.3) is 5.91 Å². The largest absolute Gasteiger partial charge is 0.381 e. The monoisotopic (exact) mass is 470 g/mol. The molecule has 0 aliphatic carbocycles. The molecule has 2 N–H and O–H groups in total. The van der Waals surface area contributed by atoms with E-state index in [4.69, 9.17) is 10.2 Å². The number of carbonyl (C=O) groups excluding carboxylic acids is 3. The Morgan fingerprint density at radius 2 is 2.00 bits per heavy atom. The predicted molar refractivity (Wildman–Crippen MR) is 122 cm³/mol. The lowest BCUT2D eigenvalue weighted by Gasteiger charge is -2.29. The molecule has 2 saturated heterocycles. The van der Waals surface area contributed by atoms with Crippen molar-refractivity contribution < 1.29 is 29.0 Å². The van der Waals surface area contributed by atoms with Crippen molar-refractivity contribution in [1.29, 1.82) is 0 Å². The molecule has 9 heteroatoms. The van der Waals surface area contributed by atoms with E-state index in [2.05, 4.69) is 10.6 Å². The molecule has 3 amide bonds. The second-order valence-electron chi connectivity index (χ2n) is 8.44. The Morgan fingerprint density at radius 3 is 2.79 bits per heavy atom. The fourth-order valence-electron chi connectivity index (χ4n) is 4.45. The Balaban J connectivity index is 1.40. The predicted octanol–water partition coefficient (Wildman–Crippen LogP) is 2.03. The maximum atomic E-state index is 15.6. The number of fused-ring (bicyclic) bond motifs is 1. The molecule has 3 aliphatic rings. The smallest absolute Gasteiger partial charge is 0.255 e. The molecule has 2 aromatic rings. The first-order valence-corrected chi connectivity index (χ1v) is 11.2. The minimum Gasteiger partial charge on any atom is -0.381 e. The Kier molecular flexibility index (Phi) is 5.06. The zero-order valence-electron chi connectivity index (χ0n) is 22.5. The number of hydrogen-bond donors (Lipinski definition) is 2. The Bertz CT molecular complexity index is 1340. The highest BCUT2D eigenvalue weighted by Crippen LogP contribution is 2.32. The number of amides is 3. The number of rotatable bonds is 6. The number of nitrogens with one attached hydrogen (secondary N) is 2. The van der Waals surface area contributed by atoms with Gasteiger partial charge in [-0.3, -0.25) is 24.6 Å². The van der Waals surface area contributed by atoms with Crippen molar-refractivity contribution in [2.24, 2.45) is 0 Å². The Labute approximate surface area is 202 Å². The second-order valence-corrected chi connectivity index (χ2v) is 8.44. The number of morpholine rings is 1. The fourth-order valence-corrected chi connectivity index (χ4v) is 4.45. The third-order valence-corrected chi connectivity index (χ3v) is 6.30. The van der Waals surface area contributed by atoms with Crippen LogP contribution in [0.15, 0.2) is 36.3 Å². The van der Waals surface area contributed by atoms with Gasteiger partial charge in [0.2, 0.25) is 11.8 Å². The van der Waals surface area contributed by atoms with E-state index in [1.54, 1.807) is 18.2 Å². The molecule has 0 saturated carbocycles. The van der Waals surface area contributed by atoms with Crippen molar-refractivity contribution in [3.05, 3.63) is 64.4 Å². The van der Waals surface area contributed by atoms with Crippen LogP contribution in [0.2, 0.25) is 0 Å². The number of benzene rings is 2. The van der Waals surface area contributed by atoms with Crippen molar-refractivity contribution in [2.45, 2.75) is 38.5 Å². The molecule has 3 heterocycles. The first kappa shape index (κ1) is 18.1. The summed E-state index contributed by atoms with van der Waals surface area (Å²) in [7, 11) is 0. The van der Waals surface area contributed by atoms with Gasteiger partial charge in [0.1, 0.15) is 11.8 Å². The molecule has 3 aliphatic heterocycles. The van der Waals surface area contributed by atoms with Crippen LogP contribution in [0.5, 0.6) is 0 Å². The SMILES string of the molecule is [2H]c1c([2H])c(CNc2cccc3c2CN(C2([2H])CCC(=O)NC2=O)C3=O)c(F)c(CN2CCOCC2)c1[2H]. The van der Waals surface area contributed by atoms with Gasteiger partial charge in [-0.15, -0.1) is 0 Å². The number of anilines is 1. The van der Waals surface area contributed by atoms with Gasteiger partial charge in [-0.05, 0) is 18.6 Å². The van der Waals surface area contributed by atoms with Gasteiger partial charge in [-0.1, -0.05) is 24.2 Å². The molecule has 8 nitrogen and oxygen atoms in total. The Morgan fingerprint density at radius 1 is 1.21 bits per heavy atom. The maximum Gasteiger partial charge on any atom is 0.255 e. The van der Waals surface area contributed by atoms with Crippen LogP contribution in [-0.2, 0) is 34.0 Å². The number of hydrogen-bond acceptors (Lipinski definition) is 6. The lowest BCUT2D eigenvalue weighted by molar-refractivity contribution is -0.136. The summed E-state index contributed by atoms with van der Waals surface area (Å²) in [4.78, 5) is 40.3. The van der Waals surface area contributed by atoms with Crippen molar-refractivity contribution in [3.63, 3.8) is 0 Å². The summed E-state index contributed by atoms with van der Waals surface area (Å²) in [6.45, 7) is 2.06. The van der Waals surface area contributed by atoms with Gasteiger partial charge < -0.3 is 15.0 Å². The standard InChI is InChI=1S/C25H27FN4O4/c26-23-16(3-1-4-17(23)14-29-9-11-34-12-10-29)13-27-20-6-2-5-18-19(20)15-30(25(18)33)21-7-8-22(31)28-24(21)32/h1-6,21,27H,7-15H2,(H,28,31,32)/i1D,3D,4D,21D. The van der Waals surface area contributed by atoms with Gasteiger partial charge in [0, 0.05) is 67.1 Å². The van der Waals surface area contributed by atoms with E-state index in [9.17, 15) is 14.4 Å². The minimum atomic E-state index is -1.93. The number of ether oxygens (including phenoxy) is 1. The third-order valence-electron chi connectivity index (χ3n) is 6.30. The lowest BCUT2D eigenvalue weighted by Crippen LogP contribution is -2.52. The summed E-state index contributed by atoms with van der Waals surface area (Å²) in [5, 5.41) is 5.19. The summed E-state index contributed by atoms with van der Waals surface area (Å²) in [6, 6.07) is 1.88. The van der Waals surface area contributed by atoms with Gasteiger partial charge in [0.15, 0.2) is 0 Å². The van der Waals surface area contributed by atoms with Crippen LogP contribution in [0.25, 0.3) is 0 Å². The van der Waals surface area contributed by atoms with Gasteiger partial charge in [-0.25, -0.2) is 4.39 Å². The molecule has 0 spiro atoms. The van der Waals surface area contributed by atoms with E-state index >= 15 is 4.39 Å². The second kappa shape index (κ2) is 9.52. The van der Waals surface area contributed by atoms with Crippen LogP contribution < -0.4 is 10.6 Å². The third kappa shape index (κ3) is 4.41. The molecule has 5 rings (SSSR count). The molecule has 1 atom stereocenters. The van der Waals surface area contributed by atoms with E-state index in [-0.39, 0.29) is 67.3 Å². The molecule has 0 aromatic heterocycles. The quantitative estimate of drug-likeness (QED) is 0.628. The number of halogens is 1. The van der Waals surface area contributed by atoms with Gasteiger partial charge in [-0.2, -0.15) is 0 Å². The number of piperidine rings is 1. The molecule has 1 unspecified atom stereocenters. The first-order chi connectivity index (χ1) is 18.1. The Hall–Kier alpha value is -3.30. The molecule has 2 aromatic carbocycles. The van der Waals surface area contributed by atoms with Crippen molar-refractivity contribution in [3.8, 4) is 0 Å². The van der Waals surface area contributed by atoms with Crippen LogP contribution in [0, 0.1) is 5.82 Å². The zero-order chi connectivity index (χ0) is 27.2. The fraction of sp³-hybridized carbons (Fsp3) is 0.400. The summed E-state index contributed by atoms with van der Waals surface area (Å²) in [6.07, 6.45) is -0.175. The summed E-state index contributed by atoms with van der Waals surface area (Å²) >= 11 is 0. The highest BCUT2D eigenvalue weighted by Gasteiger charge is 2.39. The average Bonchev–Trinajstić information content (AvgIpc) is 3.26. The molecule has 34 heavy (non-hydrogen) atoms. The van der Waals surface area contributed by atoms with Crippen LogP contribution in [0.1, 0.15) is 45.4 Å². The average molecular weight is 471 g/mol. The molecule has 178 valence electrons. The molecule has 0 radical (unpaired) electrons. The molecular weight excluding hydrogens is 439 g/mol. The van der Waals surface area contributed by atoms with E-state index in [0.29, 0.717) is 37.6 Å². The highest BCUT2D eigenvalue weighted by atomic mass is 19.1. The molecule has 0 bridgehead atoms. The molecule has 2 fully saturated rings. The van der Waals surface area contributed by atoms with Crippen molar-refractivity contribution in [1.82, 2.24) is 15.1 Å². The van der Waals surface area contributed by atoms with Crippen molar-refractivity contribution in [2.75, 3.05) is 31.6 Å². The van der Waals surface area contributed by atoms with Crippen LogP contribution in [0.4, 0.5) is 10.1 Å². The molecular formula is C25H27FN4O4. The van der Waals surface area contributed by atoms with E-state index in [1.807, 2.05) is 4.90 Å². The normalized spacial score (nSPS) is 24.7. The van der Waals surface area contributed by atoms with Crippen LogP contribution in [-0.4, -0.2) is 59.8 Å². The van der Waals surface area contributed by atoms with Gasteiger partial charge >= 0.3 is 0 Å². The lowest BCUT2D eigenvalue weighted by atomic mass is 10.0. The van der Waals surface area contributed by atoms with Crippen molar-refractivity contribution >= 4 is 23.4 Å². The summed E-state index contributed by atoms with van der Waals surface area (Å²) in [5.74, 6) is -2.57. The van der Waals surface area contributed by atoms with Crippen LogP contribution in [0.3, 0.4) is 0 Å². The maximum absolute atomic E-state index is 15.6. The number of carbonyl (C=O) groups is 3. The van der Waals surface area contributed by atoms with E-state index in [1.165, 1.54) is 0 Å². The minimum absolute atomic E-state index is 0.0540. The topological polar surface area (TPSA) is 91.0 Å². The number of nitrogens with zero attached hydrogens (tertiary/aromatic N) is 2. The zero-order valence-corrected chi connectivity index (χ0v) is 18.5. The number of imide groups is 1. The van der Waals surface area contributed by atoms with E-state index in [0.717, 1.165) is 4.90 Å². The summed E-state index contributed by atoms with van der Waals surface area (Å²) < 4.78 is 54.3. The first-order valence-electron chi connectivity index (χ1n) is 13.2. The highest BCUT2D eigenvalue weighted by molar-refractivity contribution is 6.06. The van der Waals surface area contributed by atoms with Crippen LogP contribution >= 0.6 is 0 Å². The van der Waals surface area contributed by atoms with Gasteiger partial charge in [0.05, 0.1) is 18.7 Å². The summed E-state index contributed by atoms with van der Waals surface area (Å²) in [5.41, 5.74) is 1.25.